The summed E-state index contributed by atoms with van der Waals surface area (Å²) in [7, 11) is 1.61. The number of fused-ring (bicyclic) bond motifs is 1. The summed E-state index contributed by atoms with van der Waals surface area (Å²) in [5, 5.41) is 13.9. The molecule has 5 rings (SSSR count). The molecule has 2 aromatic heterocycles. The van der Waals surface area contributed by atoms with Gasteiger partial charge in [0.05, 0.1) is 40.7 Å². The van der Waals surface area contributed by atoms with Crippen molar-refractivity contribution in [2.24, 2.45) is 7.05 Å². The molecule has 38 heavy (non-hydrogen) atoms. The first-order valence-electron chi connectivity index (χ1n) is 11.4. The van der Waals surface area contributed by atoms with Crippen molar-refractivity contribution in [1.29, 1.82) is 0 Å². The third kappa shape index (κ3) is 4.78. The van der Waals surface area contributed by atoms with Gasteiger partial charge in [0.15, 0.2) is 0 Å². The van der Waals surface area contributed by atoms with E-state index in [0.29, 0.717) is 33.4 Å². The highest BCUT2D eigenvalue weighted by atomic mass is 19.4. The van der Waals surface area contributed by atoms with Crippen LogP contribution in [0, 0.1) is 0 Å². The standard InChI is InChI=1S/C27H20F3N5O3/c1-34-15-31-22-11-8-19(12-21(22)26(34)37)23-13-24(17-6-9-20(10-7-17)27(28,29)30)35(32-23)14-16-2-4-18(5-3-16)25(36)33-38/h2-13,15,38H,14H2,1H3,(H,33,36). The zero-order chi connectivity index (χ0) is 27.0. The number of hydrogen-bond acceptors (Lipinski definition) is 5. The fourth-order valence-corrected chi connectivity index (χ4v) is 4.11. The van der Waals surface area contributed by atoms with Gasteiger partial charge in [-0.05, 0) is 53.6 Å². The number of hydrogen-bond donors (Lipinski definition) is 2. The van der Waals surface area contributed by atoms with Crippen molar-refractivity contribution in [2.75, 3.05) is 0 Å². The Bertz CT molecular complexity index is 1710. The van der Waals surface area contributed by atoms with Crippen LogP contribution in [-0.2, 0) is 19.8 Å². The van der Waals surface area contributed by atoms with Gasteiger partial charge in [0, 0.05) is 18.2 Å². The minimum absolute atomic E-state index is 0.216. The van der Waals surface area contributed by atoms with Crippen LogP contribution in [0.4, 0.5) is 13.2 Å². The maximum absolute atomic E-state index is 13.1. The van der Waals surface area contributed by atoms with E-state index in [-0.39, 0.29) is 17.7 Å². The zero-order valence-electron chi connectivity index (χ0n) is 19.9. The van der Waals surface area contributed by atoms with Crippen molar-refractivity contribution in [3.8, 4) is 22.5 Å². The van der Waals surface area contributed by atoms with Crippen molar-refractivity contribution < 1.29 is 23.2 Å². The Balaban J connectivity index is 1.59. The Hall–Kier alpha value is -4.77. The van der Waals surface area contributed by atoms with E-state index in [4.69, 9.17) is 10.3 Å². The number of aromatic nitrogens is 4. The van der Waals surface area contributed by atoms with E-state index in [1.54, 1.807) is 53.6 Å². The summed E-state index contributed by atoms with van der Waals surface area (Å²) < 4.78 is 42.4. The highest BCUT2D eigenvalue weighted by molar-refractivity contribution is 5.93. The molecule has 0 bridgehead atoms. The number of carbonyl (C=O) groups is 1. The van der Waals surface area contributed by atoms with Gasteiger partial charge in [-0.2, -0.15) is 18.3 Å². The summed E-state index contributed by atoms with van der Waals surface area (Å²) >= 11 is 0. The van der Waals surface area contributed by atoms with E-state index in [1.807, 2.05) is 0 Å². The van der Waals surface area contributed by atoms with Gasteiger partial charge >= 0.3 is 6.18 Å². The summed E-state index contributed by atoms with van der Waals surface area (Å²) in [4.78, 5) is 28.5. The van der Waals surface area contributed by atoms with E-state index in [9.17, 15) is 22.8 Å². The molecule has 3 aromatic carbocycles. The van der Waals surface area contributed by atoms with Crippen LogP contribution in [0.1, 0.15) is 21.5 Å². The average Bonchev–Trinajstić information content (AvgIpc) is 3.34. The number of nitrogens with one attached hydrogen (secondary N) is 1. The van der Waals surface area contributed by atoms with Gasteiger partial charge < -0.3 is 4.57 Å². The van der Waals surface area contributed by atoms with Crippen molar-refractivity contribution in [3.05, 3.63) is 106 Å². The minimum Gasteiger partial charge on any atom is -0.302 e. The molecule has 0 saturated carbocycles. The molecule has 192 valence electrons. The molecule has 2 heterocycles. The summed E-state index contributed by atoms with van der Waals surface area (Å²) in [6, 6.07) is 18.2. The average molecular weight is 519 g/mol. The Morgan fingerprint density at radius 1 is 0.974 bits per heavy atom. The van der Waals surface area contributed by atoms with Gasteiger partial charge in [0.1, 0.15) is 0 Å². The van der Waals surface area contributed by atoms with Gasteiger partial charge in [-0.15, -0.1) is 0 Å². The fourth-order valence-electron chi connectivity index (χ4n) is 4.11. The predicted octanol–water partition coefficient (Wildman–Crippen LogP) is 4.65. The Morgan fingerprint density at radius 2 is 1.66 bits per heavy atom. The lowest BCUT2D eigenvalue weighted by Gasteiger charge is -2.10. The molecule has 1 amide bonds. The monoisotopic (exact) mass is 519 g/mol. The zero-order valence-corrected chi connectivity index (χ0v) is 19.9. The number of amides is 1. The van der Waals surface area contributed by atoms with E-state index in [1.165, 1.54) is 35.2 Å². The lowest BCUT2D eigenvalue weighted by molar-refractivity contribution is -0.137. The van der Waals surface area contributed by atoms with Crippen LogP contribution >= 0.6 is 0 Å². The van der Waals surface area contributed by atoms with Crippen LogP contribution in [0.5, 0.6) is 0 Å². The van der Waals surface area contributed by atoms with Gasteiger partial charge in [0.25, 0.3) is 11.5 Å². The predicted molar refractivity (Wildman–Crippen MR) is 133 cm³/mol. The summed E-state index contributed by atoms with van der Waals surface area (Å²) in [5.74, 6) is -0.652. The summed E-state index contributed by atoms with van der Waals surface area (Å²) in [5.41, 5.74) is 4.39. The molecule has 0 aliphatic rings. The SMILES string of the molecule is Cn1cnc2ccc(-c3cc(-c4ccc(C(F)(F)F)cc4)n(Cc4ccc(C(=O)NO)cc4)n3)cc2c1=O. The van der Waals surface area contributed by atoms with Crippen LogP contribution in [0.25, 0.3) is 33.4 Å². The molecule has 0 saturated heterocycles. The summed E-state index contributed by atoms with van der Waals surface area (Å²) in [6.07, 6.45) is -3.02. The second kappa shape index (κ2) is 9.60. The molecular formula is C27H20F3N5O3. The first-order chi connectivity index (χ1) is 18.1. The molecule has 0 spiro atoms. The minimum atomic E-state index is -4.46. The molecule has 2 N–H and O–H groups in total. The number of benzene rings is 3. The fraction of sp³-hybridized carbons (Fsp3) is 0.111. The highest BCUT2D eigenvalue weighted by Gasteiger charge is 2.30. The molecule has 8 nitrogen and oxygen atoms in total. The van der Waals surface area contributed by atoms with Crippen LogP contribution in [0.15, 0.2) is 83.9 Å². The number of carbonyl (C=O) groups excluding carboxylic acids is 1. The first kappa shape index (κ1) is 24.9. The van der Waals surface area contributed by atoms with E-state index in [2.05, 4.69) is 4.98 Å². The van der Waals surface area contributed by atoms with E-state index in [0.717, 1.165) is 17.7 Å². The highest BCUT2D eigenvalue weighted by Crippen LogP contribution is 2.33. The van der Waals surface area contributed by atoms with E-state index >= 15 is 0 Å². The first-order valence-corrected chi connectivity index (χ1v) is 11.4. The Labute approximate surface area is 213 Å². The van der Waals surface area contributed by atoms with Crippen LogP contribution in [-0.4, -0.2) is 30.4 Å². The maximum atomic E-state index is 13.1. The molecule has 5 aromatic rings. The van der Waals surface area contributed by atoms with Crippen molar-refractivity contribution in [3.63, 3.8) is 0 Å². The van der Waals surface area contributed by atoms with Crippen molar-refractivity contribution in [2.45, 2.75) is 12.7 Å². The molecule has 0 fully saturated rings. The third-order valence-corrected chi connectivity index (χ3v) is 6.15. The number of hydroxylamine groups is 1. The second-order valence-electron chi connectivity index (χ2n) is 8.68. The molecule has 0 aliphatic carbocycles. The van der Waals surface area contributed by atoms with Crippen LogP contribution < -0.4 is 11.0 Å². The Kier molecular flexibility index (Phi) is 6.29. The number of alkyl halides is 3. The molecule has 0 radical (unpaired) electrons. The second-order valence-corrected chi connectivity index (χ2v) is 8.68. The quantitative estimate of drug-likeness (QED) is 0.260. The molecule has 0 atom stereocenters. The molecule has 0 aliphatic heterocycles. The lowest BCUT2D eigenvalue weighted by Crippen LogP contribution is -2.18. The van der Waals surface area contributed by atoms with Gasteiger partial charge in [-0.25, -0.2) is 10.5 Å². The normalized spacial score (nSPS) is 11.6. The number of halogens is 3. The van der Waals surface area contributed by atoms with Crippen molar-refractivity contribution >= 4 is 16.8 Å². The molecule has 0 unspecified atom stereocenters. The smallest absolute Gasteiger partial charge is 0.302 e. The Morgan fingerprint density at radius 3 is 2.32 bits per heavy atom. The van der Waals surface area contributed by atoms with Crippen LogP contribution in [0.2, 0.25) is 0 Å². The van der Waals surface area contributed by atoms with Gasteiger partial charge in [-0.3, -0.25) is 19.5 Å². The largest absolute Gasteiger partial charge is 0.416 e. The number of aryl methyl sites for hydroxylation is 1. The number of nitrogens with zero attached hydrogens (tertiary/aromatic N) is 4. The van der Waals surface area contributed by atoms with Gasteiger partial charge in [-0.1, -0.05) is 30.3 Å². The summed E-state index contributed by atoms with van der Waals surface area (Å²) in [6.45, 7) is 0.244. The van der Waals surface area contributed by atoms with Gasteiger partial charge in [0.2, 0.25) is 0 Å². The number of rotatable bonds is 5. The molecule has 11 heteroatoms. The van der Waals surface area contributed by atoms with E-state index < -0.39 is 17.6 Å². The maximum Gasteiger partial charge on any atom is 0.416 e. The van der Waals surface area contributed by atoms with Crippen LogP contribution in [0.3, 0.4) is 0 Å². The van der Waals surface area contributed by atoms with Crippen molar-refractivity contribution in [1.82, 2.24) is 24.8 Å². The third-order valence-electron chi connectivity index (χ3n) is 6.15. The topological polar surface area (TPSA) is 102 Å². The molecular weight excluding hydrogens is 499 g/mol. The lowest BCUT2D eigenvalue weighted by atomic mass is 10.1.